The van der Waals surface area contributed by atoms with Crippen LogP contribution in [0.15, 0.2) is 47.2 Å². The van der Waals surface area contributed by atoms with Crippen LogP contribution in [0.2, 0.25) is 0 Å². The van der Waals surface area contributed by atoms with E-state index in [-0.39, 0.29) is 6.04 Å². The molecule has 1 unspecified atom stereocenters. The molecule has 0 spiro atoms. The first kappa shape index (κ1) is 15.2. The number of nitrogens with one attached hydrogen (secondary N) is 1. The molecule has 3 N–H and O–H groups in total. The number of nitrogens with two attached hydrogens (primary N) is 1. The van der Waals surface area contributed by atoms with Crippen LogP contribution < -0.4 is 11.3 Å². The summed E-state index contributed by atoms with van der Waals surface area (Å²) in [5.74, 6) is 6.39. The molecular weight excluding hydrogens is 314 g/mol. The summed E-state index contributed by atoms with van der Waals surface area (Å²) in [7, 11) is 0. The number of hydrogen-bond acceptors (Lipinski definition) is 3. The van der Waals surface area contributed by atoms with Crippen molar-refractivity contribution in [3.63, 3.8) is 0 Å². The van der Waals surface area contributed by atoms with Crippen molar-refractivity contribution in [2.75, 3.05) is 0 Å². The fraction of sp³-hybridized carbons (Fsp3) is 0.312. The number of hydrogen-bond donors (Lipinski definition) is 2. The summed E-state index contributed by atoms with van der Waals surface area (Å²) in [6.07, 6.45) is 4.68. The molecule has 106 valence electrons. The molecule has 20 heavy (non-hydrogen) atoms. The number of rotatable bonds is 5. The molecule has 0 aliphatic rings. The Kier molecular flexibility index (Phi) is 5.29. The topological polar surface area (TPSA) is 50.9 Å². The molecule has 0 aliphatic carbocycles. The van der Waals surface area contributed by atoms with E-state index in [9.17, 15) is 0 Å². The Labute approximate surface area is 128 Å². The Morgan fingerprint density at radius 2 is 2.00 bits per heavy atom. The average molecular weight is 334 g/mol. The molecule has 1 aromatic carbocycles. The fourth-order valence-electron chi connectivity index (χ4n) is 2.34. The van der Waals surface area contributed by atoms with E-state index >= 15 is 0 Å². The second-order valence-electron chi connectivity index (χ2n) is 5.38. The first-order valence-corrected chi connectivity index (χ1v) is 7.55. The van der Waals surface area contributed by atoms with Crippen molar-refractivity contribution in [1.29, 1.82) is 0 Å². The van der Waals surface area contributed by atoms with Gasteiger partial charge in [-0.1, -0.05) is 38.1 Å². The molecule has 2 rings (SSSR count). The highest BCUT2D eigenvalue weighted by molar-refractivity contribution is 9.10. The average Bonchev–Trinajstić information content (AvgIpc) is 2.39. The first-order chi connectivity index (χ1) is 9.60. The summed E-state index contributed by atoms with van der Waals surface area (Å²) < 4.78 is 0.952. The largest absolute Gasteiger partial charge is 0.271 e. The van der Waals surface area contributed by atoms with Crippen LogP contribution in [0.3, 0.4) is 0 Å². The van der Waals surface area contributed by atoms with E-state index in [4.69, 9.17) is 5.84 Å². The molecule has 0 saturated heterocycles. The molecule has 0 aliphatic heterocycles. The van der Waals surface area contributed by atoms with Crippen LogP contribution in [0.1, 0.15) is 36.6 Å². The van der Waals surface area contributed by atoms with Crippen molar-refractivity contribution in [2.45, 2.75) is 26.3 Å². The third kappa shape index (κ3) is 3.88. The zero-order valence-electron chi connectivity index (χ0n) is 11.8. The molecule has 4 heteroatoms. The zero-order valence-corrected chi connectivity index (χ0v) is 13.4. The maximum Gasteiger partial charge on any atom is 0.0725 e. The van der Waals surface area contributed by atoms with Crippen LogP contribution in [0, 0.1) is 5.92 Å². The van der Waals surface area contributed by atoms with Gasteiger partial charge >= 0.3 is 0 Å². The van der Waals surface area contributed by atoms with Gasteiger partial charge in [0.05, 0.1) is 6.04 Å². The Bertz CT molecular complexity index is 569. The standard InChI is InChI=1S/C16H20BrN3/c1-11(2)6-12-4-3-5-13(7-12)16(20-18)14-8-15(17)10-19-9-14/h3-5,7-11,16,20H,6,18H2,1-2H3. The van der Waals surface area contributed by atoms with Crippen molar-refractivity contribution in [3.05, 3.63) is 63.9 Å². The van der Waals surface area contributed by atoms with E-state index in [0.717, 1.165) is 22.0 Å². The molecule has 1 atom stereocenters. The van der Waals surface area contributed by atoms with Crippen molar-refractivity contribution in [1.82, 2.24) is 10.4 Å². The Balaban J connectivity index is 2.32. The van der Waals surface area contributed by atoms with Crippen molar-refractivity contribution < 1.29 is 0 Å². The van der Waals surface area contributed by atoms with E-state index in [1.54, 1.807) is 6.20 Å². The number of pyridine rings is 1. The van der Waals surface area contributed by atoms with Gasteiger partial charge in [0.1, 0.15) is 0 Å². The molecule has 3 nitrogen and oxygen atoms in total. The first-order valence-electron chi connectivity index (χ1n) is 6.75. The predicted octanol–water partition coefficient (Wildman–Crippen LogP) is 3.60. The van der Waals surface area contributed by atoms with Gasteiger partial charge in [-0.25, -0.2) is 5.43 Å². The highest BCUT2D eigenvalue weighted by Gasteiger charge is 2.13. The van der Waals surface area contributed by atoms with Gasteiger partial charge in [-0.2, -0.15) is 0 Å². The monoisotopic (exact) mass is 333 g/mol. The summed E-state index contributed by atoms with van der Waals surface area (Å²) in [5, 5.41) is 0. The molecule has 1 heterocycles. The number of benzene rings is 1. The van der Waals surface area contributed by atoms with Crippen molar-refractivity contribution >= 4 is 15.9 Å². The second kappa shape index (κ2) is 6.97. The third-order valence-corrected chi connectivity index (χ3v) is 3.59. The van der Waals surface area contributed by atoms with Crippen LogP contribution in [0.25, 0.3) is 0 Å². The number of hydrazine groups is 1. The minimum absolute atomic E-state index is 0.0490. The van der Waals surface area contributed by atoms with Gasteiger partial charge in [-0.05, 0) is 51.0 Å². The zero-order chi connectivity index (χ0) is 14.5. The van der Waals surface area contributed by atoms with Crippen LogP contribution in [-0.2, 0) is 6.42 Å². The van der Waals surface area contributed by atoms with Gasteiger partial charge in [-0.15, -0.1) is 0 Å². The third-order valence-electron chi connectivity index (χ3n) is 3.15. The number of nitrogens with zero attached hydrogens (tertiary/aromatic N) is 1. The minimum Gasteiger partial charge on any atom is -0.271 e. The van der Waals surface area contributed by atoms with Crippen LogP contribution in [-0.4, -0.2) is 4.98 Å². The highest BCUT2D eigenvalue weighted by atomic mass is 79.9. The summed E-state index contributed by atoms with van der Waals surface area (Å²) in [6, 6.07) is 10.5. The maximum atomic E-state index is 5.75. The molecule has 1 aromatic heterocycles. The van der Waals surface area contributed by atoms with E-state index < -0.39 is 0 Å². The highest BCUT2D eigenvalue weighted by Crippen LogP contribution is 2.24. The molecule has 0 fully saturated rings. The van der Waals surface area contributed by atoms with Gasteiger partial charge in [0.15, 0.2) is 0 Å². The SMILES string of the molecule is CC(C)Cc1cccc(C(NN)c2cncc(Br)c2)c1. The minimum atomic E-state index is -0.0490. The molecule has 0 amide bonds. The lowest BCUT2D eigenvalue weighted by Crippen LogP contribution is -2.29. The van der Waals surface area contributed by atoms with Crippen LogP contribution >= 0.6 is 15.9 Å². The molecule has 0 saturated carbocycles. The quantitative estimate of drug-likeness (QED) is 0.649. The second-order valence-corrected chi connectivity index (χ2v) is 6.29. The molecule has 2 aromatic rings. The summed E-state index contributed by atoms with van der Waals surface area (Å²) in [6.45, 7) is 4.45. The number of aromatic nitrogens is 1. The smallest absolute Gasteiger partial charge is 0.0725 e. The van der Waals surface area contributed by atoms with Gasteiger partial charge in [0, 0.05) is 16.9 Å². The van der Waals surface area contributed by atoms with Gasteiger partial charge < -0.3 is 0 Å². The van der Waals surface area contributed by atoms with Crippen LogP contribution in [0.5, 0.6) is 0 Å². The lowest BCUT2D eigenvalue weighted by molar-refractivity contribution is 0.626. The summed E-state index contributed by atoms with van der Waals surface area (Å²) in [5.41, 5.74) is 6.42. The van der Waals surface area contributed by atoms with E-state index in [2.05, 4.69) is 64.5 Å². The van der Waals surface area contributed by atoms with E-state index in [0.29, 0.717) is 5.92 Å². The summed E-state index contributed by atoms with van der Waals surface area (Å²) in [4.78, 5) is 4.21. The molecule has 0 radical (unpaired) electrons. The maximum absolute atomic E-state index is 5.75. The van der Waals surface area contributed by atoms with Gasteiger partial charge in [0.25, 0.3) is 0 Å². The van der Waals surface area contributed by atoms with Crippen LogP contribution in [0.4, 0.5) is 0 Å². The number of halogens is 1. The predicted molar refractivity (Wildman–Crippen MR) is 86.1 cm³/mol. The molecular formula is C16H20BrN3. The van der Waals surface area contributed by atoms with Gasteiger partial charge in [0.2, 0.25) is 0 Å². The Hall–Kier alpha value is -1.23. The van der Waals surface area contributed by atoms with Crippen molar-refractivity contribution in [3.8, 4) is 0 Å². The lowest BCUT2D eigenvalue weighted by atomic mass is 9.96. The molecule has 0 bridgehead atoms. The van der Waals surface area contributed by atoms with Gasteiger partial charge in [-0.3, -0.25) is 10.8 Å². The summed E-state index contributed by atoms with van der Waals surface area (Å²) >= 11 is 3.45. The normalized spacial score (nSPS) is 12.7. The van der Waals surface area contributed by atoms with Crippen molar-refractivity contribution in [2.24, 2.45) is 11.8 Å². The Morgan fingerprint density at radius 3 is 2.65 bits per heavy atom. The Morgan fingerprint density at radius 1 is 1.20 bits per heavy atom. The lowest BCUT2D eigenvalue weighted by Gasteiger charge is -2.18. The van der Waals surface area contributed by atoms with E-state index in [1.165, 1.54) is 5.56 Å². The fourth-order valence-corrected chi connectivity index (χ4v) is 2.72. The van der Waals surface area contributed by atoms with E-state index in [1.807, 2.05) is 12.3 Å².